The number of ketones is 1. The molecule has 1 aromatic heterocycles. The topological polar surface area (TPSA) is 79.7 Å². The summed E-state index contributed by atoms with van der Waals surface area (Å²) in [5.74, 6) is -0.855. The summed E-state index contributed by atoms with van der Waals surface area (Å²) in [6.45, 7) is 2.14. The van der Waals surface area contributed by atoms with Gasteiger partial charge in [0, 0.05) is 35.9 Å². The number of ether oxygens (including phenoxy) is 1. The molecule has 0 spiro atoms. The quantitative estimate of drug-likeness (QED) is 0.347. The molecule has 5 rings (SSSR count). The van der Waals surface area contributed by atoms with Crippen molar-refractivity contribution < 1.29 is 19.4 Å². The fraction of sp³-hybridized carbons (Fsp3) is 0.192. The summed E-state index contributed by atoms with van der Waals surface area (Å²) in [5, 5.41) is 11.8. The van der Waals surface area contributed by atoms with Gasteiger partial charge in [0.05, 0.1) is 11.6 Å². The summed E-state index contributed by atoms with van der Waals surface area (Å²) >= 11 is 6.24. The first-order valence-electron chi connectivity index (χ1n) is 10.6. The van der Waals surface area contributed by atoms with E-state index < -0.39 is 17.7 Å². The maximum Gasteiger partial charge on any atom is 0.295 e. The Morgan fingerprint density at radius 1 is 1.18 bits per heavy atom. The Morgan fingerprint density at radius 3 is 2.79 bits per heavy atom. The Labute approximate surface area is 196 Å². The summed E-state index contributed by atoms with van der Waals surface area (Å²) in [4.78, 5) is 31.9. The lowest BCUT2D eigenvalue weighted by molar-refractivity contribution is -0.140. The number of aromatic nitrogens is 1. The molecule has 2 aromatic carbocycles. The molecule has 166 valence electrons. The number of pyridine rings is 1. The molecular weight excluding hydrogens is 440 g/mol. The van der Waals surface area contributed by atoms with Crippen LogP contribution in [0.4, 0.5) is 0 Å². The lowest BCUT2D eigenvalue weighted by Gasteiger charge is -2.25. The van der Waals surface area contributed by atoms with Gasteiger partial charge in [0.25, 0.3) is 11.7 Å². The molecule has 0 saturated carbocycles. The number of carbonyl (C=O) groups excluding carboxylic acids is 2. The van der Waals surface area contributed by atoms with Gasteiger partial charge in [-0.2, -0.15) is 0 Å². The second kappa shape index (κ2) is 8.37. The van der Waals surface area contributed by atoms with Crippen molar-refractivity contribution in [1.29, 1.82) is 0 Å². The van der Waals surface area contributed by atoms with Gasteiger partial charge in [-0.25, -0.2) is 0 Å². The van der Waals surface area contributed by atoms with E-state index in [2.05, 4.69) is 4.98 Å². The molecule has 3 aromatic rings. The average Bonchev–Trinajstić information content (AvgIpc) is 3.30. The molecule has 0 unspecified atom stereocenters. The minimum atomic E-state index is -0.785. The van der Waals surface area contributed by atoms with Gasteiger partial charge >= 0.3 is 0 Å². The third-order valence-corrected chi connectivity index (χ3v) is 6.18. The van der Waals surface area contributed by atoms with Gasteiger partial charge in [-0.1, -0.05) is 29.8 Å². The molecule has 1 amide bonds. The summed E-state index contributed by atoms with van der Waals surface area (Å²) < 4.78 is 5.74. The van der Waals surface area contributed by atoms with Gasteiger partial charge in [-0.05, 0) is 60.0 Å². The van der Waals surface area contributed by atoms with E-state index in [9.17, 15) is 14.7 Å². The minimum absolute atomic E-state index is 0.0399. The zero-order valence-electron chi connectivity index (χ0n) is 17.9. The third kappa shape index (κ3) is 3.87. The van der Waals surface area contributed by atoms with Crippen LogP contribution in [-0.4, -0.2) is 32.8 Å². The molecule has 1 N–H and O–H groups in total. The number of carbonyl (C=O) groups is 2. The van der Waals surface area contributed by atoms with Crippen LogP contribution >= 0.6 is 11.6 Å². The fourth-order valence-electron chi connectivity index (χ4n) is 4.48. The van der Waals surface area contributed by atoms with E-state index in [0.29, 0.717) is 22.6 Å². The highest BCUT2D eigenvalue weighted by Gasteiger charge is 2.46. The Hall–Kier alpha value is -3.64. The van der Waals surface area contributed by atoms with Crippen molar-refractivity contribution in [3.8, 4) is 5.75 Å². The predicted molar refractivity (Wildman–Crippen MR) is 124 cm³/mol. The largest absolute Gasteiger partial charge is 0.507 e. The van der Waals surface area contributed by atoms with Crippen LogP contribution in [0.1, 0.15) is 35.2 Å². The van der Waals surface area contributed by atoms with Gasteiger partial charge in [-0.15, -0.1) is 0 Å². The van der Waals surface area contributed by atoms with E-state index in [1.165, 1.54) is 4.90 Å². The van der Waals surface area contributed by atoms with Gasteiger partial charge in [0.2, 0.25) is 0 Å². The van der Waals surface area contributed by atoms with E-state index in [1.54, 1.807) is 54.9 Å². The van der Waals surface area contributed by atoms with Crippen LogP contribution < -0.4 is 4.74 Å². The van der Waals surface area contributed by atoms with Gasteiger partial charge in [0.1, 0.15) is 17.6 Å². The van der Waals surface area contributed by atoms with Crippen LogP contribution in [-0.2, 0) is 22.6 Å². The van der Waals surface area contributed by atoms with Crippen molar-refractivity contribution in [3.63, 3.8) is 0 Å². The SMILES string of the molecule is C[C@@H]1Cc2cc(/C(O)=C3\C(=O)C(=O)N(Cc4cccnc4)[C@@H]3c3cccc(Cl)c3)ccc2O1. The van der Waals surface area contributed by atoms with Gasteiger partial charge < -0.3 is 14.7 Å². The maximum absolute atomic E-state index is 13.2. The molecule has 6 nitrogen and oxygen atoms in total. The van der Waals surface area contributed by atoms with Crippen molar-refractivity contribution in [3.05, 3.63) is 99.8 Å². The lowest BCUT2D eigenvalue weighted by Crippen LogP contribution is -2.29. The number of aliphatic hydroxyl groups is 1. The number of benzene rings is 2. The van der Waals surface area contributed by atoms with Gasteiger partial charge in [-0.3, -0.25) is 14.6 Å². The number of halogens is 1. The van der Waals surface area contributed by atoms with Crippen LogP contribution in [0.15, 0.2) is 72.6 Å². The molecule has 33 heavy (non-hydrogen) atoms. The van der Waals surface area contributed by atoms with Crippen molar-refractivity contribution in [2.75, 3.05) is 0 Å². The second-order valence-electron chi connectivity index (χ2n) is 8.30. The van der Waals surface area contributed by atoms with E-state index in [4.69, 9.17) is 16.3 Å². The Bertz CT molecular complexity index is 1290. The van der Waals surface area contributed by atoms with Crippen LogP contribution in [0.25, 0.3) is 5.76 Å². The molecule has 0 aliphatic carbocycles. The first-order chi connectivity index (χ1) is 15.9. The Morgan fingerprint density at radius 2 is 2.03 bits per heavy atom. The van der Waals surface area contributed by atoms with Crippen LogP contribution in [0.5, 0.6) is 5.75 Å². The average molecular weight is 461 g/mol. The zero-order chi connectivity index (χ0) is 23.1. The molecule has 0 bridgehead atoms. The number of rotatable bonds is 4. The standard InChI is InChI=1S/C26H21ClN2O4/c1-15-10-19-11-18(7-8-21(19)33-15)24(30)22-23(17-5-2-6-20(27)12-17)29(26(32)25(22)31)14-16-4-3-9-28-13-16/h2-9,11-13,15,23,30H,10,14H2,1H3/b24-22+/t15-,23-/m1/s1. The predicted octanol–water partition coefficient (Wildman–Crippen LogP) is 4.68. The smallest absolute Gasteiger partial charge is 0.295 e. The van der Waals surface area contributed by atoms with Gasteiger partial charge in [0.15, 0.2) is 0 Å². The molecule has 2 aliphatic heterocycles. The Kier molecular flexibility index (Phi) is 5.38. The van der Waals surface area contributed by atoms with Crippen molar-refractivity contribution >= 4 is 29.1 Å². The van der Waals surface area contributed by atoms with E-state index in [-0.39, 0.29) is 24.0 Å². The highest BCUT2D eigenvalue weighted by molar-refractivity contribution is 6.46. The molecule has 7 heteroatoms. The first kappa shape index (κ1) is 21.2. The van der Waals surface area contributed by atoms with Crippen LogP contribution in [0.2, 0.25) is 5.02 Å². The van der Waals surface area contributed by atoms with Crippen molar-refractivity contribution in [2.24, 2.45) is 0 Å². The summed E-state index contributed by atoms with van der Waals surface area (Å²) in [7, 11) is 0. The highest BCUT2D eigenvalue weighted by atomic mass is 35.5. The maximum atomic E-state index is 13.2. The monoisotopic (exact) mass is 460 g/mol. The van der Waals surface area contributed by atoms with Crippen molar-refractivity contribution in [1.82, 2.24) is 9.88 Å². The second-order valence-corrected chi connectivity index (χ2v) is 8.73. The Balaban J connectivity index is 1.64. The van der Waals surface area contributed by atoms with E-state index in [1.807, 2.05) is 19.1 Å². The molecule has 1 saturated heterocycles. The number of likely N-dealkylation sites (tertiary alicyclic amines) is 1. The number of nitrogens with zero attached hydrogens (tertiary/aromatic N) is 2. The van der Waals surface area contributed by atoms with E-state index in [0.717, 1.165) is 16.9 Å². The molecular formula is C26H21ClN2O4. The minimum Gasteiger partial charge on any atom is -0.507 e. The number of hydrogen-bond acceptors (Lipinski definition) is 5. The lowest BCUT2D eigenvalue weighted by atomic mass is 9.94. The third-order valence-electron chi connectivity index (χ3n) is 5.95. The number of fused-ring (bicyclic) bond motifs is 1. The fourth-order valence-corrected chi connectivity index (χ4v) is 4.68. The normalized spacial score (nSPS) is 21.2. The number of Topliss-reactive ketones (excluding diaryl/α,β-unsaturated/α-hetero) is 1. The van der Waals surface area contributed by atoms with Crippen LogP contribution in [0.3, 0.4) is 0 Å². The highest BCUT2D eigenvalue weighted by Crippen LogP contribution is 2.41. The molecule has 1 fully saturated rings. The molecule has 2 aliphatic rings. The number of amides is 1. The molecule has 3 heterocycles. The number of hydrogen-bond donors (Lipinski definition) is 1. The molecule has 0 radical (unpaired) electrons. The summed E-state index contributed by atoms with van der Waals surface area (Å²) in [5.41, 5.74) is 2.88. The summed E-state index contributed by atoms with van der Waals surface area (Å²) in [6, 6.07) is 15.1. The first-order valence-corrected chi connectivity index (χ1v) is 11.0. The van der Waals surface area contributed by atoms with Crippen molar-refractivity contribution in [2.45, 2.75) is 32.0 Å². The van der Waals surface area contributed by atoms with Crippen LogP contribution in [0, 0.1) is 0 Å². The molecule has 2 atom stereocenters. The number of aliphatic hydroxyl groups excluding tert-OH is 1. The van der Waals surface area contributed by atoms with E-state index >= 15 is 0 Å². The summed E-state index contributed by atoms with van der Waals surface area (Å²) in [6.07, 6.45) is 4.05. The zero-order valence-corrected chi connectivity index (χ0v) is 18.6.